The van der Waals surface area contributed by atoms with Gasteiger partial charge in [0, 0.05) is 0 Å². The van der Waals surface area contributed by atoms with Gasteiger partial charge in [-0.05, 0) is 11.6 Å². The first kappa shape index (κ1) is 4.94. The molecule has 1 radical (unpaired) electrons. The maximum absolute atomic E-state index is 5.22. The third-order valence-corrected chi connectivity index (χ3v) is 0.729. The van der Waals surface area contributed by atoms with Gasteiger partial charge in [-0.2, -0.15) is 4.98 Å². The lowest BCUT2D eigenvalue weighted by Crippen LogP contribution is -1.55. The van der Waals surface area contributed by atoms with Crippen molar-refractivity contribution in [3.05, 3.63) is 16.8 Å². The zero-order valence-corrected chi connectivity index (χ0v) is 4.62. The van der Waals surface area contributed by atoms with Gasteiger partial charge in [-0.25, -0.2) is 0 Å². The number of rotatable bonds is 0. The first-order valence-corrected chi connectivity index (χ1v) is 2.24. The Kier molecular flexibility index (Phi) is 1.21. The number of nitrogens with zero attached hydrogens (tertiary/aromatic N) is 1. The number of halogens is 2. The Hall–Kier alpha value is -0.210. The van der Waals surface area contributed by atoms with Crippen molar-refractivity contribution in [1.29, 1.82) is 0 Å². The van der Waals surface area contributed by atoms with E-state index in [0.717, 1.165) is 0 Å². The van der Waals surface area contributed by atoms with E-state index in [2.05, 4.69) is 15.7 Å². The minimum atomic E-state index is 0.0185. The third-order valence-electron chi connectivity index (χ3n) is 0.406. The lowest BCUT2D eigenvalue weighted by molar-refractivity contribution is 0.551. The summed E-state index contributed by atoms with van der Waals surface area (Å²) in [6, 6.07) is 0. The number of aromatic nitrogens is 1. The van der Waals surface area contributed by atoms with Crippen molar-refractivity contribution in [2.24, 2.45) is 0 Å². The minimum Gasteiger partial charge on any atom is -0.422 e. The van der Waals surface area contributed by atoms with Crippen LogP contribution in [-0.4, -0.2) is 4.98 Å². The molecule has 0 saturated heterocycles. The van der Waals surface area contributed by atoms with Crippen LogP contribution in [-0.2, 0) is 0 Å². The molecule has 0 aliphatic heterocycles. The van der Waals surface area contributed by atoms with Gasteiger partial charge in [0.2, 0.25) is 6.26 Å². The van der Waals surface area contributed by atoms with Crippen LogP contribution in [0.3, 0.4) is 0 Å². The third kappa shape index (κ3) is 1.08. The molecule has 7 heavy (non-hydrogen) atoms. The highest BCUT2D eigenvalue weighted by molar-refractivity contribution is 6.31. The summed E-state index contributed by atoms with van der Waals surface area (Å²) in [4.78, 5) is 3.42. The summed E-state index contributed by atoms with van der Waals surface area (Å²) in [6.45, 7) is 0. The summed E-state index contributed by atoms with van der Waals surface area (Å²) in [7, 11) is 0. The zero-order valence-electron chi connectivity index (χ0n) is 3.11. The van der Waals surface area contributed by atoms with Crippen LogP contribution in [0.25, 0.3) is 0 Å². The first-order chi connectivity index (χ1) is 3.29. The standard InChI is InChI=1S/C3Cl2NO/c4-2-1-7-3(5)6-2. The van der Waals surface area contributed by atoms with Gasteiger partial charge < -0.3 is 4.42 Å². The summed E-state index contributed by atoms with van der Waals surface area (Å²) in [5.41, 5.74) is 0. The molecule has 1 aromatic rings. The Labute approximate surface area is 50.1 Å². The molecule has 4 heteroatoms. The van der Waals surface area contributed by atoms with E-state index in [4.69, 9.17) is 23.2 Å². The molecule has 2 nitrogen and oxygen atoms in total. The Balaban J connectivity index is 3.04. The molecule has 0 bridgehead atoms. The highest BCUT2D eigenvalue weighted by Crippen LogP contribution is 2.09. The molecule has 0 saturated carbocycles. The van der Waals surface area contributed by atoms with Crippen molar-refractivity contribution in [2.45, 2.75) is 0 Å². The number of hydrogen-bond acceptors (Lipinski definition) is 2. The fraction of sp³-hybridized carbons (Fsp3) is 0. The Bertz CT molecular complexity index is 145. The maximum atomic E-state index is 5.22. The van der Waals surface area contributed by atoms with E-state index in [-0.39, 0.29) is 10.5 Å². The Morgan fingerprint density at radius 1 is 1.57 bits per heavy atom. The quantitative estimate of drug-likeness (QED) is 0.544. The van der Waals surface area contributed by atoms with Crippen molar-refractivity contribution < 1.29 is 4.42 Å². The topological polar surface area (TPSA) is 26.0 Å². The second-order valence-corrected chi connectivity index (χ2v) is 1.54. The van der Waals surface area contributed by atoms with Crippen LogP contribution in [0.4, 0.5) is 0 Å². The molecule has 1 aromatic heterocycles. The van der Waals surface area contributed by atoms with Gasteiger partial charge in [0.05, 0.1) is 0 Å². The van der Waals surface area contributed by atoms with E-state index in [1.54, 1.807) is 0 Å². The SMILES string of the molecule is Clc1[c]oc(Cl)n1. The average molecular weight is 137 g/mol. The smallest absolute Gasteiger partial charge is 0.294 e. The van der Waals surface area contributed by atoms with Gasteiger partial charge in [-0.1, -0.05) is 11.6 Å². The Morgan fingerprint density at radius 3 is 2.43 bits per heavy atom. The average Bonchev–Trinajstić information content (AvgIpc) is 1.87. The molecular formula is C3Cl2NO. The lowest BCUT2D eigenvalue weighted by Gasteiger charge is -1.63. The second-order valence-electron chi connectivity index (χ2n) is 0.860. The summed E-state index contributed by atoms with van der Waals surface area (Å²) >= 11 is 10.4. The predicted octanol–water partition coefficient (Wildman–Crippen LogP) is 1.78. The van der Waals surface area contributed by atoms with E-state index in [9.17, 15) is 0 Å². The fourth-order valence-corrected chi connectivity index (χ4v) is 0.489. The van der Waals surface area contributed by atoms with Crippen LogP contribution >= 0.6 is 23.2 Å². The molecule has 0 spiro atoms. The first-order valence-electron chi connectivity index (χ1n) is 1.48. The summed E-state index contributed by atoms with van der Waals surface area (Å²) in [5, 5.41) is 0.176. The molecule has 0 fully saturated rings. The van der Waals surface area contributed by atoms with E-state index in [0.29, 0.717) is 0 Å². The molecule has 1 rings (SSSR count). The second kappa shape index (κ2) is 1.72. The van der Waals surface area contributed by atoms with Crippen LogP contribution in [0.2, 0.25) is 10.5 Å². The Morgan fingerprint density at radius 2 is 2.29 bits per heavy atom. The van der Waals surface area contributed by atoms with Crippen molar-refractivity contribution in [2.75, 3.05) is 0 Å². The van der Waals surface area contributed by atoms with Crippen LogP contribution in [0.15, 0.2) is 4.42 Å². The van der Waals surface area contributed by atoms with Gasteiger partial charge in [0.1, 0.15) is 0 Å². The van der Waals surface area contributed by atoms with Crippen molar-refractivity contribution in [1.82, 2.24) is 4.98 Å². The largest absolute Gasteiger partial charge is 0.422 e. The van der Waals surface area contributed by atoms with Gasteiger partial charge in [-0.15, -0.1) is 0 Å². The van der Waals surface area contributed by atoms with Crippen LogP contribution in [0.5, 0.6) is 0 Å². The monoisotopic (exact) mass is 136 g/mol. The molecule has 37 valence electrons. The van der Waals surface area contributed by atoms with Gasteiger partial charge >= 0.3 is 0 Å². The van der Waals surface area contributed by atoms with Gasteiger partial charge in [-0.3, -0.25) is 0 Å². The van der Waals surface area contributed by atoms with Crippen molar-refractivity contribution in [3.63, 3.8) is 0 Å². The molecule has 0 aliphatic carbocycles. The molecule has 0 amide bonds. The zero-order chi connectivity index (χ0) is 5.28. The van der Waals surface area contributed by atoms with Gasteiger partial charge in [0.15, 0.2) is 5.15 Å². The van der Waals surface area contributed by atoms with Gasteiger partial charge in [0.25, 0.3) is 5.35 Å². The van der Waals surface area contributed by atoms with E-state index in [1.165, 1.54) is 0 Å². The van der Waals surface area contributed by atoms with Crippen LogP contribution in [0.1, 0.15) is 0 Å². The molecule has 0 unspecified atom stereocenters. The van der Waals surface area contributed by atoms with E-state index in [1.807, 2.05) is 0 Å². The molecule has 1 heterocycles. The van der Waals surface area contributed by atoms with Crippen molar-refractivity contribution in [3.8, 4) is 0 Å². The van der Waals surface area contributed by atoms with Crippen LogP contribution in [0, 0.1) is 6.26 Å². The molecule has 0 aliphatic rings. The number of hydrogen-bond donors (Lipinski definition) is 0. The van der Waals surface area contributed by atoms with Crippen molar-refractivity contribution >= 4 is 23.2 Å². The highest BCUT2D eigenvalue weighted by Gasteiger charge is 1.94. The van der Waals surface area contributed by atoms with Crippen LogP contribution < -0.4 is 0 Å². The number of oxazole rings is 1. The molecular weight excluding hydrogens is 137 g/mol. The normalized spacial score (nSPS) is 9.43. The maximum Gasteiger partial charge on any atom is 0.294 e. The lowest BCUT2D eigenvalue weighted by atomic mass is 11.0. The minimum absolute atomic E-state index is 0.0185. The highest BCUT2D eigenvalue weighted by atomic mass is 35.5. The summed E-state index contributed by atoms with van der Waals surface area (Å²) < 4.78 is 4.36. The van der Waals surface area contributed by atoms with E-state index >= 15 is 0 Å². The molecule has 0 atom stereocenters. The molecule has 0 aromatic carbocycles. The van der Waals surface area contributed by atoms with E-state index < -0.39 is 0 Å². The molecule has 0 N–H and O–H groups in total. The summed E-state index contributed by atoms with van der Waals surface area (Å²) in [5.74, 6) is 0. The fourth-order valence-electron chi connectivity index (χ4n) is 0.207. The predicted molar refractivity (Wildman–Crippen MR) is 25.4 cm³/mol. The summed E-state index contributed by atoms with van der Waals surface area (Å²) in [6.07, 6.45) is 2.22.